The van der Waals surface area contributed by atoms with Gasteiger partial charge in [0.2, 0.25) is 0 Å². The summed E-state index contributed by atoms with van der Waals surface area (Å²) >= 11 is 0. The number of carbonyl (C=O) groups excluding carboxylic acids is 1. The zero-order chi connectivity index (χ0) is 20.1. The quantitative estimate of drug-likeness (QED) is 0.799. The Labute approximate surface area is 168 Å². The lowest BCUT2D eigenvalue weighted by atomic mass is 9.97. The first kappa shape index (κ1) is 19.4. The number of carbonyl (C=O) groups is 1. The normalized spacial score (nSPS) is 23.6. The van der Waals surface area contributed by atoms with Crippen molar-refractivity contribution >= 4 is 6.09 Å². The van der Waals surface area contributed by atoms with E-state index >= 15 is 0 Å². The van der Waals surface area contributed by atoms with E-state index in [1.165, 1.54) is 12.1 Å². The number of benzene rings is 1. The van der Waals surface area contributed by atoms with Crippen LogP contribution in [0, 0.1) is 17.7 Å². The molecule has 1 aromatic carbocycles. The summed E-state index contributed by atoms with van der Waals surface area (Å²) in [6, 6.07) is 7.38. The molecular weight excluding hydrogens is 375 g/mol. The van der Waals surface area contributed by atoms with E-state index < -0.39 is 18.2 Å². The molecule has 2 saturated heterocycles. The largest absolute Gasteiger partial charge is 0.439 e. The number of cyclic esters (lactones) is 1. The van der Waals surface area contributed by atoms with Crippen LogP contribution in [0.2, 0.25) is 0 Å². The molecule has 0 radical (unpaired) electrons. The van der Waals surface area contributed by atoms with Crippen molar-refractivity contribution < 1.29 is 23.4 Å². The Bertz CT molecular complexity index is 934. The summed E-state index contributed by atoms with van der Waals surface area (Å²) in [6.45, 7) is 0.996. The number of amides is 1. The molecular formula is C22H21FN2O4. The molecule has 1 unspecified atom stereocenters. The fraction of sp³-hybridized carbons (Fsp3) is 0.364. The Morgan fingerprint density at radius 1 is 1.24 bits per heavy atom. The third-order valence-corrected chi connectivity index (χ3v) is 4.82. The fourth-order valence-corrected chi connectivity index (χ4v) is 3.43. The number of rotatable bonds is 4. The van der Waals surface area contributed by atoms with E-state index in [0.29, 0.717) is 11.1 Å². The zero-order valence-corrected chi connectivity index (χ0v) is 15.8. The monoisotopic (exact) mass is 396 g/mol. The molecule has 2 aliphatic rings. The summed E-state index contributed by atoms with van der Waals surface area (Å²) in [6.07, 6.45) is 4.97. The van der Waals surface area contributed by atoms with Gasteiger partial charge in [-0.3, -0.25) is 4.98 Å². The first-order valence-electron chi connectivity index (χ1n) is 9.59. The molecule has 0 aliphatic carbocycles. The lowest BCUT2D eigenvalue weighted by Crippen LogP contribution is -2.22. The number of hydrogen-bond acceptors (Lipinski definition) is 5. The lowest BCUT2D eigenvalue weighted by Gasteiger charge is -2.21. The van der Waals surface area contributed by atoms with Gasteiger partial charge < -0.3 is 19.5 Å². The predicted molar refractivity (Wildman–Crippen MR) is 102 cm³/mol. The molecule has 2 fully saturated rings. The predicted octanol–water partition coefficient (Wildman–Crippen LogP) is 3.64. The summed E-state index contributed by atoms with van der Waals surface area (Å²) < 4.78 is 30.1. The van der Waals surface area contributed by atoms with Crippen LogP contribution in [0.3, 0.4) is 0 Å². The highest BCUT2D eigenvalue weighted by Gasteiger charge is 2.36. The van der Waals surface area contributed by atoms with Gasteiger partial charge in [0.05, 0.1) is 0 Å². The third-order valence-electron chi connectivity index (χ3n) is 4.82. The lowest BCUT2D eigenvalue weighted by molar-refractivity contribution is -0.154. The van der Waals surface area contributed by atoms with Crippen molar-refractivity contribution in [3.8, 4) is 11.8 Å². The number of hydrogen-bond donors (Lipinski definition) is 1. The fourth-order valence-electron chi connectivity index (χ4n) is 3.43. The summed E-state index contributed by atoms with van der Waals surface area (Å²) in [5.74, 6) is 5.60. The van der Waals surface area contributed by atoms with Crippen molar-refractivity contribution in [2.75, 3.05) is 13.2 Å². The van der Waals surface area contributed by atoms with E-state index in [4.69, 9.17) is 14.2 Å². The van der Waals surface area contributed by atoms with E-state index in [1.54, 1.807) is 24.5 Å². The van der Waals surface area contributed by atoms with Crippen LogP contribution in [-0.2, 0) is 14.2 Å². The Hall–Kier alpha value is -2.95. The standard InChI is InChI=1S/C22H21FN2O4/c23-18-7-3-6-16(12-18)21-20(25-22(26)29-21)17-11-15(13-24-14-17)5-4-10-28-19-8-1-2-9-27-19/h3,6-7,11-14,19-21H,1-2,8-10H2,(H,25,26)/t19?,20-,21-/m1/s1. The summed E-state index contributed by atoms with van der Waals surface area (Å²) in [5.41, 5.74) is 1.99. The Kier molecular flexibility index (Phi) is 6.03. The average Bonchev–Trinajstić information content (AvgIpc) is 3.14. The van der Waals surface area contributed by atoms with Crippen LogP contribution in [0.4, 0.5) is 9.18 Å². The summed E-state index contributed by atoms with van der Waals surface area (Å²) in [7, 11) is 0. The number of halogens is 1. The van der Waals surface area contributed by atoms with Crippen LogP contribution in [-0.4, -0.2) is 30.6 Å². The number of alkyl carbamates (subject to hydrolysis) is 1. The molecule has 3 atom stereocenters. The van der Waals surface area contributed by atoms with Gasteiger partial charge in [-0.15, -0.1) is 0 Å². The van der Waals surface area contributed by atoms with E-state index in [-0.39, 0.29) is 18.7 Å². The Morgan fingerprint density at radius 2 is 2.17 bits per heavy atom. The second-order valence-corrected chi connectivity index (χ2v) is 6.92. The van der Waals surface area contributed by atoms with Gasteiger partial charge in [-0.25, -0.2) is 9.18 Å². The van der Waals surface area contributed by atoms with Gasteiger partial charge in [-0.2, -0.15) is 0 Å². The number of aromatic nitrogens is 1. The molecule has 0 bridgehead atoms. The molecule has 2 aromatic rings. The minimum absolute atomic E-state index is 0.180. The molecule has 1 aromatic heterocycles. The highest BCUT2D eigenvalue weighted by Crippen LogP contribution is 2.36. The Morgan fingerprint density at radius 3 is 3.00 bits per heavy atom. The van der Waals surface area contributed by atoms with Crippen LogP contribution in [0.25, 0.3) is 0 Å². The van der Waals surface area contributed by atoms with Gasteiger partial charge in [0.15, 0.2) is 12.4 Å². The summed E-state index contributed by atoms with van der Waals surface area (Å²) in [5, 5.41) is 2.76. The second-order valence-electron chi connectivity index (χ2n) is 6.92. The van der Waals surface area contributed by atoms with Gasteiger partial charge in [0.25, 0.3) is 0 Å². The van der Waals surface area contributed by atoms with Crippen molar-refractivity contribution in [1.29, 1.82) is 0 Å². The maximum Gasteiger partial charge on any atom is 0.408 e. The minimum atomic E-state index is -0.644. The molecule has 2 aliphatic heterocycles. The van der Waals surface area contributed by atoms with E-state index in [9.17, 15) is 9.18 Å². The molecule has 1 amide bonds. The smallest absolute Gasteiger partial charge is 0.408 e. The molecule has 150 valence electrons. The van der Waals surface area contributed by atoms with Gasteiger partial charge in [-0.05, 0) is 48.6 Å². The molecule has 29 heavy (non-hydrogen) atoms. The molecule has 0 spiro atoms. The van der Waals surface area contributed by atoms with E-state index in [0.717, 1.165) is 31.4 Å². The molecule has 1 N–H and O–H groups in total. The summed E-state index contributed by atoms with van der Waals surface area (Å²) in [4.78, 5) is 16.1. The topological polar surface area (TPSA) is 69.7 Å². The number of ether oxygens (including phenoxy) is 3. The maximum absolute atomic E-state index is 13.6. The zero-order valence-electron chi connectivity index (χ0n) is 15.8. The first-order valence-corrected chi connectivity index (χ1v) is 9.59. The Balaban J connectivity index is 1.46. The first-order chi connectivity index (χ1) is 14.2. The maximum atomic E-state index is 13.6. The van der Waals surface area contributed by atoms with Crippen molar-refractivity contribution in [3.63, 3.8) is 0 Å². The molecule has 0 saturated carbocycles. The minimum Gasteiger partial charge on any atom is -0.439 e. The highest BCUT2D eigenvalue weighted by atomic mass is 19.1. The van der Waals surface area contributed by atoms with Crippen LogP contribution < -0.4 is 5.32 Å². The average molecular weight is 396 g/mol. The van der Waals surface area contributed by atoms with Crippen LogP contribution >= 0.6 is 0 Å². The van der Waals surface area contributed by atoms with Crippen LogP contribution in [0.15, 0.2) is 42.7 Å². The van der Waals surface area contributed by atoms with Gasteiger partial charge in [0, 0.05) is 24.6 Å². The SMILES string of the molecule is O=C1N[C@H](c2cncc(C#CCOC3CCCCO3)c2)[C@@H](c2cccc(F)c2)O1. The van der Waals surface area contributed by atoms with Crippen LogP contribution in [0.5, 0.6) is 0 Å². The van der Waals surface area contributed by atoms with Gasteiger partial charge >= 0.3 is 6.09 Å². The molecule has 7 heteroatoms. The molecule has 3 heterocycles. The van der Waals surface area contributed by atoms with Crippen molar-refractivity contribution in [3.05, 3.63) is 65.2 Å². The van der Waals surface area contributed by atoms with Gasteiger partial charge in [-0.1, -0.05) is 24.0 Å². The van der Waals surface area contributed by atoms with Crippen LogP contribution in [0.1, 0.15) is 48.1 Å². The number of nitrogens with one attached hydrogen (secondary N) is 1. The molecule has 6 nitrogen and oxygen atoms in total. The molecule has 4 rings (SSSR count). The second kappa shape index (κ2) is 9.03. The number of nitrogens with zero attached hydrogens (tertiary/aromatic N) is 1. The van der Waals surface area contributed by atoms with Crippen molar-refractivity contribution in [1.82, 2.24) is 10.3 Å². The third kappa shape index (κ3) is 4.91. The van der Waals surface area contributed by atoms with Gasteiger partial charge in [0.1, 0.15) is 18.5 Å². The van der Waals surface area contributed by atoms with E-state index in [2.05, 4.69) is 22.1 Å². The van der Waals surface area contributed by atoms with Crippen molar-refractivity contribution in [2.45, 2.75) is 37.7 Å². The van der Waals surface area contributed by atoms with Crippen molar-refractivity contribution in [2.24, 2.45) is 0 Å². The van der Waals surface area contributed by atoms with E-state index in [1.807, 2.05) is 6.07 Å². The highest BCUT2D eigenvalue weighted by molar-refractivity contribution is 5.71. The number of pyridine rings is 1.